The van der Waals surface area contributed by atoms with Gasteiger partial charge in [-0.1, -0.05) is 36.0 Å². The van der Waals surface area contributed by atoms with Crippen molar-refractivity contribution in [1.29, 1.82) is 0 Å². The third-order valence-electron chi connectivity index (χ3n) is 2.74. The fraction of sp³-hybridized carbons (Fsp3) is 0.455. The summed E-state index contributed by atoms with van der Waals surface area (Å²) in [7, 11) is 0. The van der Waals surface area contributed by atoms with E-state index in [2.05, 4.69) is 37.3 Å². The molecule has 0 aromatic rings. The highest BCUT2D eigenvalue weighted by Gasteiger charge is 2.22. The van der Waals surface area contributed by atoms with Gasteiger partial charge in [0, 0.05) is 5.92 Å². The summed E-state index contributed by atoms with van der Waals surface area (Å²) < 4.78 is 0. The van der Waals surface area contributed by atoms with Gasteiger partial charge in [0.2, 0.25) is 0 Å². The van der Waals surface area contributed by atoms with Gasteiger partial charge in [-0.25, -0.2) is 0 Å². The summed E-state index contributed by atoms with van der Waals surface area (Å²) in [5.74, 6) is 1.51. The quantitative estimate of drug-likeness (QED) is 0.461. The molecule has 0 heterocycles. The summed E-state index contributed by atoms with van der Waals surface area (Å²) >= 11 is 0. The molecule has 2 atom stereocenters. The topological polar surface area (TPSA) is 0 Å². The van der Waals surface area contributed by atoms with Gasteiger partial charge in [0.1, 0.15) is 0 Å². The maximum Gasteiger partial charge on any atom is 0.00401 e. The molecule has 0 aromatic carbocycles. The Hall–Kier alpha value is -0.780. The van der Waals surface area contributed by atoms with Crippen molar-refractivity contribution in [3.05, 3.63) is 36.0 Å². The molecule has 0 spiro atoms. The molecule has 2 aliphatic rings. The molecule has 2 unspecified atom stereocenters. The van der Waals surface area contributed by atoms with Crippen molar-refractivity contribution in [1.82, 2.24) is 0 Å². The van der Waals surface area contributed by atoms with E-state index >= 15 is 0 Å². The molecule has 0 fully saturated rings. The third-order valence-corrected chi connectivity index (χ3v) is 2.74. The zero-order chi connectivity index (χ0) is 7.68. The van der Waals surface area contributed by atoms with E-state index in [0.717, 1.165) is 5.92 Å². The molecule has 0 saturated heterocycles. The van der Waals surface area contributed by atoms with Crippen LogP contribution in [0, 0.1) is 11.8 Å². The smallest absolute Gasteiger partial charge is 0.00401 e. The second-order valence-electron chi connectivity index (χ2n) is 3.48. The summed E-state index contributed by atoms with van der Waals surface area (Å²) in [5, 5.41) is 0. The second kappa shape index (κ2) is 2.69. The number of rotatable bonds is 0. The molecule has 2 rings (SSSR count). The Morgan fingerprint density at radius 2 is 2.09 bits per heavy atom. The molecule has 0 amide bonds. The lowest BCUT2D eigenvalue weighted by molar-refractivity contribution is 0.469. The fourth-order valence-corrected chi connectivity index (χ4v) is 2.06. The standard InChI is InChI=1S/C11H14/c1-9-5-4-7-10-6-2-3-8-11(9)10/h2-3,5-6,8,10-11H,4,7H2,1H3. The van der Waals surface area contributed by atoms with E-state index < -0.39 is 0 Å². The Bertz CT molecular complexity index is 230. The zero-order valence-electron chi connectivity index (χ0n) is 6.96. The first kappa shape index (κ1) is 6.90. The summed E-state index contributed by atoms with van der Waals surface area (Å²) in [6.45, 7) is 2.25. The average molecular weight is 146 g/mol. The van der Waals surface area contributed by atoms with E-state index in [4.69, 9.17) is 0 Å². The fourth-order valence-electron chi connectivity index (χ4n) is 2.06. The van der Waals surface area contributed by atoms with Gasteiger partial charge >= 0.3 is 0 Å². The van der Waals surface area contributed by atoms with Crippen molar-refractivity contribution >= 4 is 0 Å². The normalized spacial score (nSPS) is 34.8. The number of fused-ring (bicyclic) bond motifs is 1. The first-order valence-corrected chi connectivity index (χ1v) is 4.39. The molecule has 0 bridgehead atoms. The van der Waals surface area contributed by atoms with Crippen LogP contribution < -0.4 is 0 Å². The zero-order valence-corrected chi connectivity index (χ0v) is 6.96. The number of hydrogen-bond donors (Lipinski definition) is 0. The van der Waals surface area contributed by atoms with E-state index in [1.54, 1.807) is 5.57 Å². The van der Waals surface area contributed by atoms with Crippen LogP contribution in [0.25, 0.3) is 0 Å². The van der Waals surface area contributed by atoms with Crippen LogP contribution in [0.1, 0.15) is 19.8 Å². The predicted molar refractivity (Wildman–Crippen MR) is 48.3 cm³/mol. The summed E-state index contributed by atoms with van der Waals surface area (Å²) in [4.78, 5) is 0. The summed E-state index contributed by atoms with van der Waals surface area (Å²) in [6, 6.07) is 0. The van der Waals surface area contributed by atoms with E-state index in [9.17, 15) is 0 Å². The molecule has 0 heteroatoms. The van der Waals surface area contributed by atoms with E-state index in [0.29, 0.717) is 5.92 Å². The first-order valence-electron chi connectivity index (χ1n) is 4.39. The van der Waals surface area contributed by atoms with E-state index in [1.165, 1.54) is 12.8 Å². The van der Waals surface area contributed by atoms with Crippen LogP contribution in [0.3, 0.4) is 0 Å². The first-order chi connectivity index (χ1) is 5.38. The van der Waals surface area contributed by atoms with Gasteiger partial charge in [-0.05, 0) is 25.7 Å². The van der Waals surface area contributed by atoms with Crippen molar-refractivity contribution in [2.24, 2.45) is 11.8 Å². The maximum absolute atomic E-state index is 2.38. The monoisotopic (exact) mass is 146 g/mol. The average Bonchev–Trinajstić information content (AvgIpc) is 2.06. The molecule has 0 radical (unpaired) electrons. The minimum absolute atomic E-state index is 0.716. The Kier molecular flexibility index (Phi) is 1.69. The predicted octanol–water partition coefficient (Wildman–Crippen LogP) is 3.08. The van der Waals surface area contributed by atoms with Crippen molar-refractivity contribution in [3.63, 3.8) is 0 Å². The van der Waals surface area contributed by atoms with Crippen LogP contribution in [0.4, 0.5) is 0 Å². The van der Waals surface area contributed by atoms with Crippen LogP contribution in [0.2, 0.25) is 0 Å². The lowest BCUT2D eigenvalue weighted by atomic mass is 9.77. The lowest BCUT2D eigenvalue weighted by Crippen LogP contribution is -2.16. The van der Waals surface area contributed by atoms with Crippen molar-refractivity contribution < 1.29 is 0 Å². The molecule has 0 N–H and O–H groups in total. The molecule has 0 aromatic heterocycles. The highest BCUT2D eigenvalue weighted by molar-refractivity contribution is 5.25. The van der Waals surface area contributed by atoms with Crippen LogP contribution in [0.5, 0.6) is 0 Å². The van der Waals surface area contributed by atoms with Gasteiger partial charge in [0.15, 0.2) is 0 Å². The van der Waals surface area contributed by atoms with Crippen LogP contribution in [-0.4, -0.2) is 0 Å². The van der Waals surface area contributed by atoms with Gasteiger partial charge in [-0.2, -0.15) is 0 Å². The molecular weight excluding hydrogens is 132 g/mol. The van der Waals surface area contributed by atoms with Gasteiger partial charge in [-0.15, -0.1) is 0 Å². The van der Waals surface area contributed by atoms with Gasteiger partial charge in [0.25, 0.3) is 0 Å². The minimum atomic E-state index is 0.716. The van der Waals surface area contributed by atoms with E-state index in [1.807, 2.05) is 0 Å². The molecule has 0 saturated carbocycles. The van der Waals surface area contributed by atoms with E-state index in [-0.39, 0.29) is 0 Å². The molecule has 11 heavy (non-hydrogen) atoms. The lowest BCUT2D eigenvalue weighted by Gasteiger charge is -2.28. The summed E-state index contributed by atoms with van der Waals surface area (Å²) in [5.41, 5.74) is 1.56. The van der Waals surface area contributed by atoms with Crippen LogP contribution in [0.15, 0.2) is 36.0 Å². The Morgan fingerprint density at radius 3 is 2.91 bits per heavy atom. The number of hydrogen-bond acceptors (Lipinski definition) is 0. The Labute approximate surface area is 68.3 Å². The van der Waals surface area contributed by atoms with Crippen molar-refractivity contribution in [3.8, 4) is 0 Å². The molecule has 58 valence electrons. The van der Waals surface area contributed by atoms with Gasteiger partial charge in [0.05, 0.1) is 0 Å². The third kappa shape index (κ3) is 1.18. The van der Waals surface area contributed by atoms with Gasteiger partial charge < -0.3 is 0 Å². The van der Waals surface area contributed by atoms with Crippen molar-refractivity contribution in [2.75, 3.05) is 0 Å². The second-order valence-corrected chi connectivity index (χ2v) is 3.48. The molecule has 2 aliphatic carbocycles. The summed E-state index contributed by atoms with van der Waals surface area (Å²) in [6.07, 6.45) is 14.0. The van der Waals surface area contributed by atoms with Crippen molar-refractivity contribution in [2.45, 2.75) is 19.8 Å². The highest BCUT2D eigenvalue weighted by atomic mass is 14.3. The number of allylic oxidation sites excluding steroid dienone is 6. The van der Waals surface area contributed by atoms with Crippen LogP contribution in [-0.2, 0) is 0 Å². The maximum atomic E-state index is 2.38. The Morgan fingerprint density at radius 1 is 1.27 bits per heavy atom. The molecular formula is C11H14. The Balaban J connectivity index is 2.26. The van der Waals surface area contributed by atoms with Gasteiger partial charge in [-0.3, -0.25) is 0 Å². The SMILES string of the molecule is CC1=CCCC2C=CC=CC12. The molecule has 0 nitrogen and oxygen atoms in total. The highest BCUT2D eigenvalue weighted by Crippen LogP contribution is 2.34. The molecule has 0 aliphatic heterocycles. The largest absolute Gasteiger partial charge is 0.0850 e. The minimum Gasteiger partial charge on any atom is -0.0850 e. The van der Waals surface area contributed by atoms with Crippen LogP contribution >= 0.6 is 0 Å².